The topological polar surface area (TPSA) is 73.6 Å². The van der Waals surface area contributed by atoms with Crippen LogP contribution in [-0.2, 0) is 14.3 Å². The molecule has 0 aromatic heterocycles. The molecule has 0 spiro atoms. The lowest BCUT2D eigenvalue weighted by atomic mass is 9.76. The van der Waals surface area contributed by atoms with Crippen molar-refractivity contribution in [1.29, 1.82) is 0 Å². The Bertz CT molecular complexity index is 273. The number of methoxy groups -OCH3 is 2. The van der Waals surface area contributed by atoms with Gasteiger partial charge in [0.15, 0.2) is 0 Å². The molecule has 0 bridgehead atoms. The van der Waals surface area contributed by atoms with Gasteiger partial charge < -0.3 is 20.5 Å². The maximum atomic E-state index is 12.2. The first kappa shape index (κ1) is 15.4. The molecule has 0 aromatic carbocycles. The van der Waals surface area contributed by atoms with Gasteiger partial charge in [0.2, 0.25) is 5.91 Å². The molecule has 106 valence electrons. The third-order valence-electron chi connectivity index (χ3n) is 3.66. The molecule has 5 heteroatoms. The largest absolute Gasteiger partial charge is 0.382 e. The van der Waals surface area contributed by atoms with Crippen LogP contribution in [0.25, 0.3) is 0 Å². The molecule has 3 unspecified atom stereocenters. The Balaban J connectivity index is 2.43. The summed E-state index contributed by atoms with van der Waals surface area (Å²) in [7, 11) is 3.22. The lowest BCUT2D eigenvalue weighted by Crippen LogP contribution is -2.57. The third kappa shape index (κ3) is 4.23. The SMILES string of the molecule is COCC(CNC(=O)C1(N)CCCC(C)C1)OC. The number of hydrogen-bond donors (Lipinski definition) is 2. The van der Waals surface area contributed by atoms with Gasteiger partial charge in [-0.05, 0) is 18.8 Å². The van der Waals surface area contributed by atoms with Crippen LogP contribution >= 0.6 is 0 Å². The molecule has 3 N–H and O–H groups in total. The number of nitrogens with one attached hydrogen (secondary N) is 1. The van der Waals surface area contributed by atoms with Gasteiger partial charge in [0.25, 0.3) is 0 Å². The minimum absolute atomic E-state index is 0.0628. The van der Waals surface area contributed by atoms with E-state index in [-0.39, 0.29) is 12.0 Å². The summed E-state index contributed by atoms with van der Waals surface area (Å²) in [5.74, 6) is 0.457. The molecule has 1 fully saturated rings. The van der Waals surface area contributed by atoms with E-state index in [0.29, 0.717) is 19.1 Å². The normalized spacial score (nSPS) is 29.9. The molecule has 1 saturated carbocycles. The average Bonchev–Trinajstić information content (AvgIpc) is 2.33. The summed E-state index contributed by atoms with van der Waals surface area (Å²) in [6.45, 7) is 3.05. The summed E-state index contributed by atoms with van der Waals surface area (Å²) in [4.78, 5) is 12.2. The Kier molecular flexibility index (Phi) is 6.05. The molecular weight excluding hydrogens is 232 g/mol. The van der Waals surface area contributed by atoms with Crippen molar-refractivity contribution >= 4 is 5.91 Å². The summed E-state index contributed by atoms with van der Waals surface area (Å²) in [5, 5.41) is 2.88. The number of hydrogen-bond acceptors (Lipinski definition) is 4. The zero-order chi connectivity index (χ0) is 13.6. The zero-order valence-corrected chi connectivity index (χ0v) is 11.7. The van der Waals surface area contributed by atoms with Crippen LogP contribution in [0.5, 0.6) is 0 Å². The van der Waals surface area contributed by atoms with Crippen molar-refractivity contribution in [2.45, 2.75) is 44.2 Å². The molecule has 1 aliphatic rings. The van der Waals surface area contributed by atoms with Gasteiger partial charge >= 0.3 is 0 Å². The fraction of sp³-hybridized carbons (Fsp3) is 0.923. The molecule has 0 heterocycles. The lowest BCUT2D eigenvalue weighted by Gasteiger charge is -2.35. The first-order valence-electron chi connectivity index (χ1n) is 6.60. The molecule has 1 aliphatic carbocycles. The third-order valence-corrected chi connectivity index (χ3v) is 3.66. The maximum Gasteiger partial charge on any atom is 0.240 e. The van der Waals surface area contributed by atoms with E-state index < -0.39 is 5.54 Å². The molecule has 0 aromatic rings. The number of carbonyl (C=O) groups excluding carboxylic acids is 1. The van der Waals surface area contributed by atoms with E-state index in [0.717, 1.165) is 25.7 Å². The minimum atomic E-state index is -0.705. The van der Waals surface area contributed by atoms with E-state index in [1.54, 1.807) is 14.2 Å². The van der Waals surface area contributed by atoms with Gasteiger partial charge in [-0.25, -0.2) is 0 Å². The van der Waals surface area contributed by atoms with Crippen molar-refractivity contribution in [2.24, 2.45) is 11.7 Å². The van der Waals surface area contributed by atoms with Gasteiger partial charge in [0.1, 0.15) is 0 Å². The van der Waals surface area contributed by atoms with E-state index in [1.807, 2.05) is 0 Å². The van der Waals surface area contributed by atoms with Gasteiger partial charge in [0, 0.05) is 20.8 Å². The molecule has 18 heavy (non-hydrogen) atoms. The predicted molar refractivity (Wildman–Crippen MR) is 70.2 cm³/mol. The molecule has 5 nitrogen and oxygen atoms in total. The van der Waals surface area contributed by atoms with E-state index in [9.17, 15) is 4.79 Å². The summed E-state index contributed by atoms with van der Waals surface area (Å²) in [6.07, 6.45) is 3.60. The Morgan fingerprint density at radius 3 is 2.83 bits per heavy atom. The molecule has 3 atom stereocenters. The van der Waals surface area contributed by atoms with Gasteiger partial charge in [-0.3, -0.25) is 4.79 Å². The number of carbonyl (C=O) groups is 1. The Morgan fingerprint density at radius 1 is 1.56 bits per heavy atom. The number of rotatable bonds is 6. The van der Waals surface area contributed by atoms with E-state index >= 15 is 0 Å². The van der Waals surface area contributed by atoms with Crippen LogP contribution in [0.3, 0.4) is 0 Å². The average molecular weight is 258 g/mol. The number of amides is 1. The van der Waals surface area contributed by atoms with Crippen LogP contribution in [0.4, 0.5) is 0 Å². The Labute approximate surface area is 109 Å². The molecule has 1 amide bonds. The van der Waals surface area contributed by atoms with Crippen LogP contribution in [0, 0.1) is 5.92 Å². The zero-order valence-electron chi connectivity index (χ0n) is 11.7. The first-order chi connectivity index (χ1) is 8.51. The minimum Gasteiger partial charge on any atom is -0.382 e. The van der Waals surface area contributed by atoms with Crippen LogP contribution in [0.15, 0.2) is 0 Å². The van der Waals surface area contributed by atoms with E-state index in [2.05, 4.69) is 12.2 Å². The fourth-order valence-corrected chi connectivity index (χ4v) is 2.58. The van der Waals surface area contributed by atoms with Gasteiger partial charge in [-0.2, -0.15) is 0 Å². The first-order valence-corrected chi connectivity index (χ1v) is 6.60. The number of ether oxygens (including phenoxy) is 2. The predicted octanol–water partition coefficient (Wildman–Crippen LogP) is 0.672. The monoisotopic (exact) mass is 258 g/mol. The van der Waals surface area contributed by atoms with Crippen molar-refractivity contribution in [1.82, 2.24) is 5.32 Å². The van der Waals surface area contributed by atoms with Crippen LogP contribution in [0.1, 0.15) is 32.6 Å². The summed E-state index contributed by atoms with van der Waals surface area (Å²) in [5.41, 5.74) is 5.51. The summed E-state index contributed by atoms with van der Waals surface area (Å²) in [6, 6.07) is 0. The highest BCUT2D eigenvalue weighted by atomic mass is 16.5. The van der Waals surface area contributed by atoms with Gasteiger partial charge in [-0.1, -0.05) is 19.8 Å². The van der Waals surface area contributed by atoms with Crippen molar-refractivity contribution in [3.8, 4) is 0 Å². The molecular formula is C13H26N2O3. The molecule has 0 radical (unpaired) electrons. The smallest absolute Gasteiger partial charge is 0.240 e. The standard InChI is InChI=1S/C13H26N2O3/c1-10-5-4-6-13(14,7-10)12(16)15-8-11(18-3)9-17-2/h10-11H,4-9,14H2,1-3H3,(H,15,16). The quantitative estimate of drug-likeness (QED) is 0.734. The van der Waals surface area contributed by atoms with Gasteiger partial charge in [0.05, 0.1) is 18.2 Å². The van der Waals surface area contributed by atoms with Crippen molar-refractivity contribution < 1.29 is 14.3 Å². The fourth-order valence-electron chi connectivity index (χ4n) is 2.58. The Hall–Kier alpha value is -0.650. The second-order valence-corrected chi connectivity index (χ2v) is 5.38. The van der Waals surface area contributed by atoms with E-state index in [1.165, 1.54) is 0 Å². The van der Waals surface area contributed by atoms with Crippen molar-refractivity contribution in [2.75, 3.05) is 27.4 Å². The summed E-state index contributed by atoms with van der Waals surface area (Å²) < 4.78 is 10.2. The second kappa shape index (κ2) is 7.07. The maximum absolute atomic E-state index is 12.2. The molecule has 0 aliphatic heterocycles. The van der Waals surface area contributed by atoms with Crippen molar-refractivity contribution in [3.05, 3.63) is 0 Å². The second-order valence-electron chi connectivity index (χ2n) is 5.38. The van der Waals surface area contributed by atoms with Crippen LogP contribution in [0.2, 0.25) is 0 Å². The highest BCUT2D eigenvalue weighted by Gasteiger charge is 2.37. The lowest BCUT2D eigenvalue weighted by molar-refractivity contribution is -0.128. The molecule has 0 saturated heterocycles. The number of nitrogens with two attached hydrogens (primary N) is 1. The summed E-state index contributed by atoms with van der Waals surface area (Å²) >= 11 is 0. The van der Waals surface area contributed by atoms with Gasteiger partial charge in [-0.15, -0.1) is 0 Å². The van der Waals surface area contributed by atoms with Crippen molar-refractivity contribution in [3.63, 3.8) is 0 Å². The highest BCUT2D eigenvalue weighted by Crippen LogP contribution is 2.30. The highest BCUT2D eigenvalue weighted by molar-refractivity contribution is 5.86. The molecule has 1 rings (SSSR count). The van der Waals surface area contributed by atoms with E-state index in [4.69, 9.17) is 15.2 Å². The van der Waals surface area contributed by atoms with Crippen LogP contribution < -0.4 is 11.1 Å². The van der Waals surface area contributed by atoms with Crippen LogP contribution in [-0.4, -0.2) is 44.9 Å². The Morgan fingerprint density at radius 2 is 2.28 bits per heavy atom.